The lowest BCUT2D eigenvalue weighted by molar-refractivity contribution is -0.111. The zero-order valence-corrected chi connectivity index (χ0v) is 18.6. The molecule has 2 aromatic heterocycles. The highest BCUT2D eigenvalue weighted by atomic mass is 16.2. The second kappa shape index (κ2) is 9.23. The topological polar surface area (TPSA) is 88.1 Å². The maximum Gasteiger partial charge on any atom is 0.272 e. The normalized spacial score (nSPS) is 13.1. The highest BCUT2D eigenvalue weighted by Gasteiger charge is 2.20. The van der Waals surface area contributed by atoms with Gasteiger partial charge >= 0.3 is 0 Å². The van der Waals surface area contributed by atoms with Crippen LogP contribution in [0.15, 0.2) is 79.9 Å². The molecule has 7 heteroatoms. The Morgan fingerprint density at radius 1 is 0.941 bits per heavy atom. The SMILES string of the molecule is C=CC(=O)Nc1cccc(-c2cc(-c3ccc(C(=O)N4CCCC4)nc3)cc3cncnc23)c1. The number of nitrogens with one attached hydrogen (secondary N) is 1. The molecule has 34 heavy (non-hydrogen) atoms. The molecule has 4 aromatic rings. The number of hydrogen-bond donors (Lipinski definition) is 1. The third-order valence-electron chi connectivity index (χ3n) is 5.94. The second-order valence-corrected chi connectivity index (χ2v) is 8.19. The number of anilines is 1. The van der Waals surface area contributed by atoms with Crippen molar-refractivity contribution in [1.82, 2.24) is 19.9 Å². The lowest BCUT2D eigenvalue weighted by atomic mass is 9.96. The quantitative estimate of drug-likeness (QED) is 0.446. The predicted molar refractivity (Wildman–Crippen MR) is 132 cm³/mol. The Kier molecular flexibility index (Phi) is 5.82. The van der Waals surface area contributed by atoms with Crippen molar-refractivity contribution in [3.8, 4) is 22.3 Å². The summed E-state index contributed by atoms with van der Waals surface area (Å²) in [5.41, 5.74) is 5.57. The number of rotatable bonds is 5. The fourth-order valence-electron chi connectivity index (χ4n) is 4.22. The van der Waals surface area contributed by atoms with Crippen molar-refractivity contribution in [3.63, 3.8) is 0 Å². The van der Waals surface area contributed by atoms with Gasteiger partial charge in [-0.2, -0.15) is 0 Å². The average Bonchev–Trinajstić information content (AvgIpc) is 3.43. The molecule has 1 fully saturated rings. The summed E-state index contributed by atoms with van der Waals surface area (Å²) in [6.45, 7) is 5.09. The molecule has 7 nitrogen and oxygen atoms in total. The van der Waals surface area contributed by atoms with Gasteiger partial charge in [0.1, 0.15) is 12.0 Å². The first-order valence-corrected chi connectivity index (χ1v) is 11.2. The van der Waals surface area contributed by atoms with E-state index in [0.29, 0.717) is 11.4 Å². The van der Waals surface area contributed by atoms with Crippen molar-refractivity contribution in [2.24, 2.45) is 0 Å². The first kappa shape index (κ1) is 21.5. The zero-order valence-electron chi connectivity index (χ0n) is 18.6. The van der Waals surface area contributed by atoms with Crippen LogP contribution in [0, 0.1) is 0 Å². The van der Waals surface area contributed by atoms with E-state index in [0.717, 1.165) is 59.1 Å². The molecule has 0 spiro atoms. The largest absolute Gasteiger partial charge is 0.337 e. The molecule has 3 heterocycles. The molecule has 0 atom stereocenters. The molecule has 2 aromatic carbocycles. The molecule has 1 aliphatic rings. The summed E-state index contributed by atoms with van der Waals surface area (Å²) in [5.74, 6) is -0.289. The van der Waals surface area contributed by atoms with Crippen LogP contribution in [0.3, 0.4) is 0 Å². The molecule has 0 unspecified atom stereocenters. The summed E-state index contributed by atoms with van der Waals surface area (Å²) in [7, 11) is 0. The monoisotopic (exact) mass is 449 g/mol. The summed E-state index contributed by atoms with van der Waals surface area (Å²) in [4.78, 5) is 39.4. The van der Waals surface area contributed by atoms with Gasteiger partial charge < -0.3 is 10.2 Å². The zero-order chi connectivity index (χ0) is 23.5. The van der Waals surface area contributed by atoms with Gasteiger partial charge in [0, 0.05) is 47.7 Å². The maximum absolute atomic E-state index is 12.6. The minimum absolute atomic E-state index is 0.0185. The molecule has 2 amide bonds. The fraction of sp³-hybridized carbons (Fsp3) is 0.148. The molecule has 0 aliphatic carbocycles. The Morgan fingerprint density at radius 2 is 1.79 bits per heavy atom. The molecule has 1 N–H and O–H groups in total. The van der Waals surface area contributed by atoms with Crippen molar-refractivity contribution in [2.45, 2.75) is 12.8 Å². The summed E-state index contributed by atoms with van der Waals surface area (Å²) in [5, 5.41) is 3.68. The lowest BCUT2D eigenvalue weighted by Gasteiger charge is -2.15. The van der Waals surface area contributed by atoms with Crippen molar-refractivity contribution in [3.05, 3.63) is 85.6 Å². The summed E-state index contributed by atoms with van der Waals surface area (Å²) < 4.78 is 0. The first-order chi connectivity index (χ1) is 16.6. The van der Waals surface area contributed by atoms with E-state index in [4.69, 9.17) is 0 Å². The number of aromatic nitrogens is 3. The number of hydrogen-bond acceptors (Lipinski definition) is 5. The first-order valence-electron chi connectivity index (χ1n) is 11.2. The van der Waals surface area contributed by atoms with Crippen LogP contribution < -0.4 is 5.32 Å². The predicted octanol–water partition coefficient (Wildman–Crippen LogP) is 4.72. The molecular weight excluding hydrogens is 426 g/mol. The number of benzene rings is 2. The van der Waals surface area contributed by atoms with Crippen LogP contribution in [0.4, 0.5) is 5.69 Å². The van der Waals surface area contributed by atoms with Crippen LogP contribution >= 0.6 is 0 Å². The Labute approximate surface area is 197 Å². The van der Waals surface area contributed by atoms with E-state index in [9.17, 15) is 9.59 Å². The summed E-state index contributed by atoms with van der Waals surface area (Å²) in [6, 6.07) is 15.3. The van der Waals surface area contributed by atoms with Gasteiger partial charge in [0.05, 0.1) is 5.52 Å². The van der Waals surface area contributed by atoms with Crippen LogP contribution in [0.5, 0.6) is 0 Å². The number of amides is 2. The Bertz CT molecular complexity index is 1390. The molecule has 168 valence electrons. The van der Waals surface area contributed by atoms with Gasteiger partial charge in [-0.1, -0.05) is 24.8 Å². The van der Waals surface area contributed by atoms with E-state index in [1.54, 1.807) is 18.5 Å². The molecule has 0 radical (unpaired) electrons. The number of fused-ring (bicyclic) bond motifs is 1. The van der Waals surface area contributed by atoms with E-state index >= 15 is 0 Å². The van der Waals surface area contributed by atoms with Gasteiger partial charge in [0.15, 0.2) is 0 Å². The average molecular weight is 450 g/mol. The van der Waals surface area contributed by atoms with Gasteiger partial charge in [-0.15, -0.1) is 0 Å². The number of carbonyl (C=O) groups excluding carboxylic acids is 2. The number of likely N-dealkylation sites (tertiary alicyclic amines) is 1. The summed E-state index contributed by atoms with van der Waals surface area (Å²) >= 11 is 0. The van der Waals surface area contributed by atoms with Gasteiger partial charge in [-0.05, 0) is 60.4 Å². The van der Waals surface area contributed by atoms with Crippen molar-refractivity contribution >= 4 is 28.4 Å². The molecule has 0 saturated carbocycles. The van der Waals surface area contributed by atoms with E-state index in [2.05, 4.69) is 26.8 Å². The Balaban J connectivity index is 1.54. The van der Waals surface area contributed by atoms with Crippen LogP contribution in [0.1, 0.15) is 23.3 Å². The minimum atomic E-state index is -0.271. The van der Waals surface area contributed by atoms with Crippen molar-refractivity contribution in [2.75, 3.05) is 18.4 Å². The minimum Gasteiger partial charge on any atom is -0.337 e. The van der Waals surface area contributed by atoms with Crippen LogP contribution in [0.25, 0.3) is 33.2 Å². The van der Waals surface area contributed by atoms with Gasteiger partial charge in [-0.3, -0.25) is 14.6 Å². The van der Waals surface area contributed by atoms with Crippen LogP contribution in [-0.2, 0) is 4.79 Å². The van der Waals surface area contributed by atoms with Gasteiger partial charge in [0.2, 0.25) is 5.91 Å². The second-order valence-electron chi connectivity index (χ2n) is 8.19. The van der Waals surface area contributed by atoms with Crippen LogP contribution in [-0.4, -0.2) is 44.8 Å². The van der Waals surface area contributed by atoms with Crippen LogP contribution in [0.2, 0.25) is 0 Å². The van der Waals surface area contributed by atoms with Gasteiger partial charge in [-0.25, -0.2) is 9.97 Å². The molecular formula is C27H23N5O2. The molecule has 1 saturated heterocycles. The van der Waals surface area contributed by atoms with Crippen molar-refractivity contribution < 1.29 is 9.59 Å². The highest BCUT2D eigenvalue weighted by Crippen LogP contribution is 2.33. The Morgan fingerprint density at radius 3 is 2.56 bits per heavy atom. The summed E-state index contributed by atoms with van der Waals surface area (Å²) in [6.07, 6.45) is 8.36. The molecule has 5 rings (SSSR count). The smallest absolute Gasteiger partial charge is 0.272 e. The fourth-order valence-corrected chi connectivity index (χ4v) is 4.22. The lowest BCUT2D eigenvalue weighted by Crippen LogP contribution is -2.28. The number of pyridine rings is 1. The highest BCUT2D eigenvalue weighted by molar-refractivity contribution is 6.01. The third kappa shape index (κ3) is 4.28. The van der Waals surface area contributed by atoms with E-state index in [-0.39, 0.29) is 11.8 Å². The number of nitrogens with zero attached hydrogens (tertiary/aromatic N) is 4. The van der Waals surface area contributed by atoms with E-state index < -0.39 is 0 Å². The molecule has 0 bridgehead atoms. The van der Waals surface area contributed by atoms with Crippen molar-refractivity contribution in [1.29, 1.82) is 0 Å². The standard InChI is InChI=1S/C27H23N5O2/c1-2-25(33)31-22-7-5-6-18(13-22)23-14-20(12-21-15-28-17-30-26(21)23)19-8-9-24(29-16-19)27(34)32-10-3-4-11-32/h2,5-9,12-17H,1,3-4,10-11H2,(H,31,33). The number of carbonyl (C=O) groups is 2. The van der Waals surface area contributed by atoms with E-state index in [1.165, 1.54) is 12.4 Å². The third-order valence-corrected chi connectivity index (χ3v) is 5.94. The van der Waals surface area contributed by atoms with Gasteiger partial charge in [0.25, 0.3) is 5.91 Å². The molecule has 1 aliphatic heterocycles. The van der Waals surface area contributed by atoms with E-state index in [1.807, 2.05) is 47.4 Å². The maximum atomic E-state index is 12.6. The Hall–Kier alpha value is -4.39.